The van der Waals surface area contributed by atoms with E-state index in [4.69, 9.17) is 5.11 Å². The SMILES string of the molecule is CC(C)NCC(=O)Nc1cc(F)ccc1C(=O)O. The van der Waals surface area contributed by atoms with Crippen LogP contribution >= 0.6 is 0 Å². The van der Waals surface area contributed by atoms with E-state index in [1.807, 2.05) is 13.8 Å². The van der Waals surface area contributed by atoms with Gasteiger partial charge in [0.05, 0.1) is 17.8 Å². The molecule has 0 saturated carbocycles. The first-order chi connectivity index (χ1) is 8.40. The van der Waals surface area contributed by atoms with Gasteiger partial charge in [0.2, 0.25) is 5.91 Å². The molecule has 0 unspecified atom stereocenters. The van der Waals surface area contributed by atoms with Crippen LogP contribution in [0.2, 0.25) is 0 Å². The number of nitrogens with one attached hydrogen (secondary N) is 2. The molecule has 0 aliphatic carbocycles. The Hall–Kier alpha value is -1.95. The van der Waals surface area contributed by atoms with Crippen molar-refractivity contribution in [1.82, 2.24) is 5.32 Å². The Labute approximate surface area is 104 Å². The van der Waals surface area contributed by atoms with Crippen LogP contribution in [0.3, 0.4) is 0 Å². The summed E-state index contributed by atoms with van der Waals surface area (Å²) in [5, 5.41) is 14.1. The number of benzene rings is 1. The molecule has 0 heterocycles. The number of carboxylic acids is 1. The minimum atomic E-state index is -1.22. The normalized spacial score (nSPS) is 10.4. The van der Waals surface area contributed by atoms with Gasteiger partial charge in [0.25, 0.3) is 0 Å². The Balaban J connectivity index is 2.79. The maximum Gasteiger partial charge on any atom is 0.337 e. The van der Waals surface area contributed by atoms with Crippen LogP contribution in [0.5, 0.6) is 0 Å². The number of halogens is 1. The monoisotopic (exact) mass is 254 g/mol. The second-order valence-corrected chi connectivity index (χ2v) is 4.08. The molecule has 0 spiro atoms. The number of carbonyl (C=O) groups excluding carboxylic acids is 1. The first kappa shape index (κ1) is 14.1. The number of hydrogen-bond acceptors (Lipinski definition) is 3. The molecule has 1 aromatic rings. The van der Waals surface area contributed by atoms with Gasteiger partial charge in [0, 0.05) is 6.04 Å². The highest BCUT2D eigenvalue weighted by Crippen LogP contribution is 2.17. The summed E-state index contributed by atoms with van der Waals surface area (Å²) in [6, 6.07) is 3.26. The molecular weight excluding hydrogens is 239 g/mol. The van der Waals surface area contributed by atoms with Crippen molar-refractivity contribution in [3.05, 3.63) is 29.6 Å². The van der Waals surface area contributed by atoms with Crippen LogP contribution in [0.4, 0.5) is 10.1 Å². The molecule has 5 nitrogen and oxygen atoms in total. The van der Waals surface area contributed by atoms with Gasteiger partial charge in [0.1, 0.15) is 5.82 Å². The summed E-state index contributed by atoms with van der Waals surface area (Å²) in [6.07, 6.45) is 0. The minimum absolute atomic E-state index is 0.0350. The van der Waals surface area contributed by atoms with E-state index in [-0.39, 0.29) is 23.8 Å². The fourth-order valence-electron chi connectivity index (χ4n) is 1.30. The molecule has 18 heavy (non-hydrogen) atoms. The predicted molar refractivity (Wildman–Crippen MR) is 65.1 cm³/mol. The lowest BCUT2D eigenvalue weighted by molar-refractivity contribution is -0.115. The van der Waals surface area contributed by atoms with Crippen LogP contribution in [0.25, 0.3) is 0 Å². The van der Waals surface area contributed by atoms with Crippen molar-refractivity contribution in [1.29, 1.82) is 0 Å². The van der Waals surface area contributed by atoms with Crippen molar-refractivity contribution in [3.63, 3.8) is 0 Å². The molecule has 0 radical (unpaired) electrons. The second-order valence-electron chi connectivity index (χ2n) is 4.08. The Bertz CT molecular complexity index is 461. The van der Waals surface area contributed by atoms with Gasteiger partial charge in [-0.05, 0) is 18.2 Å². The van der Waals surface area contributed by atoms with Crippen LogP contribution in [0.15, 0.2) is 18.2 Å². The molecule has 0 fully saturated rings. The van der Waals surface area contributed by atoms with E-state index < -0.39 is 17.7 Å². The number of hydrogen-bond donors (Lipinski definition) is 3. The summed E-state index contributed by atoms with van der Waals surface area (Å²) < 4.78 is 13.0. The zero-order chi connectivity index (χ0) is 13.7. The Kier molecular flexibility index (Phi) is 4.79. The largest absolute Gasteiger partial charge is 0.478 e. The third-order valence-corrected chi connectivity index (χ3v) is 2.16. The van der Waals surface area contributed by atoms with Gasteiger partial charge in [0.15, 0.2) is 0 Å². The zero-order valence-electron chi connectivity index (χ0n) is 10.2. The van der Waals surface area contributed by atoms with Crippen molar-refractivity contribution in [3.8, 4) is 0 Å². The molecule has 1 rings (SSSR count). The number of carboxylic acid groups (broad SMARTS) is 1. The number of amides is 1. The maximum absolute atomic E-state index is 13.0. The first-order valence-electron chi connectivity index (χ1n) is 5.46. The number of rotatable bonds is 5. The lowest BCUT2D eigenvalue weighted by atomic mass is 10.1. The lowest BCUT2D eigenvalue weighted by Gasteiger charge is -2.10. The van der Waals surface area contributed by atoms with E-state index in [1.54, 1.807) is 0 Å². The number of anilines is 1. The maximum atomic E-state index is 13.0. The van der Waals surface area contributed by atoms with Crippen molar-refractivity contribution >= 4 is 17.6 Å². The first-order valence-corrected chi connectivity index (χ1v) is 5.46. The predicted octanol–water partition coefficient (Wildman–Crippen LogP) is 1.46. The van der Waals surface area contributed by atoms with Crippen LogP contribution in [-0.4, -0.2) is 29.6 Å². The molecular formula is C12H15FN2O3. The molecule has 0 aliphatic heterocycles. The zero-order valence-corrected chi connectivity index (χ0v) is 10.2. The van der Waals surface area contributed by atoms with E-state index >= 15 is 0 Å². The van der Waals surface area contributed by atoms with Crippen molar-refractivity contribution in [2.75, 3.05) is 11.9 Å². The highest BCUT2D eigenvalue weighted by molar-refractivity contribution is 6.01. The molecule has 0 atom stereocenters. The fourth-order valence-corrected chi connectivity index (χ4v) is 1.30. The van der Waals surface area contributed by atoms with Crippen molar-refractivity contribution < 1.29 is 19.1 Å². The summed E-state index contributed by atoms with van der Waals surface area (Å²) in [5.41, 5.74) is -0.188. The van der Waals surface area contributed by atoms with Crippen LogP contribution < -0.4 is 10.6 Å². The summed E-state index contributed by atoms with van der Waals surface area (Å²) in [5.74, 6) is -2.24. The summed E-state index contributed by atoms with van der Waals surface area (Å²) in [6.45, 7) is 3.78. The van der Waals surface area contributed by atoms with Crippen LogP contribution in [0, 0.1) is 5.82 Å². The highest BCUT2D eigenvalue weighted by Gasteiger charge is 2.13. The lowest BCUT2D eigenvalue weighted by Crippen LogP contribution is -2.33. The smallest absolute Gasteiger partial charge is 0.337 e. The summed E-state index contributed by atoms with van der Waals surface area (Å²) in [7, 11) is 0. The third-order valence-electron chi connectivity index (χ3n) is 2.16. The molecule has 98 valence electrons. The Morgan fingerprint density at radius 2 is 2.06 bits per heavy atom. The van der Waals surface area contributed by atoms with E-state index in [2.05, 4.69) is 10.6 Å². The topological polar surface area (TPSA) is 78.4 Å². The van der Waals surface area contributed by atoms with Crippen molar-refractivity contribution in [2.24, 2.45) is 0 Å². The summed E-state index contributed by atoms with van der Waals surface area (Å²) >= 11 is 0. The van der Waals surface area contributed by atoms with Gasteiger partial charge in [-0.15, -0.1) is 0 Å². The quantitative estimate of drug-likeness (QED) is 0.743. The van der Waals surface area contributed by atoms with Gasteiger partial charge >= 0.3 is 5.97 Å². The van der Waals surface area contributed by atoms with E-state index in [0.29, 0.717) is 0 Å². The molecule has 1 amide bonds. The van der Waals surface area contributed by atoms with Gasteiger partial charge in [-0.25, -0.2) is 9.18 Å². The van der Waals surface area contributed by atoms with Gasteiger partial charge in [-0.3, -0.25) is 4.79 Å². The van der Waals surface area contributed by atoms with E-state index in [1.165, 1.54) is 0 Å². The fraction of sp³-hybridized carbons (Fsp3) is 0.333. The third kappa shape index (κ3) is 4.14. The molecule has 6 heteroatoms. The minimum Gasteiger partial charge on any atom is -0.478 e. The van der Waals surface area contributed by atoms with Crippen molar-refractivity contribution in [2.45, 2.75) is 19.9 Å². The molecule has 0 saturated heterocycles. The van der Waals surface area contributed by atoms with E-state index in [9.17, 15) is 14.0 Å². The Morgan fingerprint density at radius 1 is 1.39 bits per heavy atom. The molecule has 0 bridgehead atoms. The molecule has 3 N–H and O–H groups in total. The average molecular weight is 254 g/mol. The standard InChI is InChI=1S/C12H15FN2O3/c1-7(2)14-6-11(16)15-10-5-8(13)3-4-9(10)12(17)18/h3-5,7,14H,6H2,1-2H3,(H,15,16)(H,17,18). The number of aromatic carboxylic acids is 1. The molecule has 0 aromatic heterocycles. The van der Waals surface area contributed by atoms with Crippen LogP contribution in [0.1, 0.15) is 24.2 Å². The average Bonchev–Trinajstić information content (AvgIpc) is 2.26. The molecule has 0 aliphatic rings. The van der Waals surface area contributed by atoms with Gasteiger partial charge < -0.3 is 15.7 Å². The number of carbonyl (C=O) groups is 2. The Morgan fingerprint density at radius 3 is 2.61 bits per heavy atom. The molecule has 1 aromatic carbocycles. The van der Waals surface area contributed by atoms with Gasteiger partial charge in [-0.1, -0.05) is 13.8 Å². The highest BCUT2D eigenvalue weighted by atomic mass is 19.1. The second kappa shape index (κ2) is 6.11. The van der Waals surface area contributed by atoms with Gasteiger partial charge in [-0.2, -0.15) is 0 Å². The van der Waals surface area contributed by atoms with Crippen LogP contribution in [-0.2, 0) is 4.79 Å². The summed E-state index contributed by atoms with van der Waals surface area (Å²) in [4.78, 5) is 22.4. The van der Waals surface area contributed by atoms with E-state index in [0.717, 1.165) is 18.2 Å².